The van der Waals surface area contributed by atoms with Crippen molar-refractivity contribution in [2.24, 2.45) is 0 Å². The third-order valence-electron chi connectivity index (χ3n) is 5.00. The molecule has 122 valence electrons. The molecule has 2 aromatic carbocycles. The quantitative estimate of drug-likeness (QED) is 0.834. The van der Waals surface area contributed by atoms with Crippen LogP contribution in [0.15, 0.2) is 48.5 Å². The molecule has 3 nitrogen and oxygen atoms in total. The molecule has 0 aromatic heterocycles. The van der Waals surface area contributed by atoms with Crippen LogP contribution < -0.4 is 14.8 Å². The van der Waals surface area contributed by atoms with Gasteiger partial charge in [-0.1, -0.05) is 43.3 Å². The van der Waals surface area contributed by atoms with Crippen molar-refractivity contribution in [3.63, 3.8) is 0 Å². The van der Waals surface area contributed by atoms with Crippen molar-refractivity contribution in [3.8, 4) is 11.5 Å². The molecule has 2 aromatic rings. The highest BCUT2D eigenvalue weighted by Gasteiger charge is 2.52. The molecule has 0 heterocycles. The molecule has 1 saturated carbocycles. The van der Waals surface area contributed by atoms with Crippen LogP contribution in [0.1, 0.15) is 36.8 Å². The van der Waals surface area contributed by atoms with Gasteiger partial charge in [0.2, 0.25) is 0 Å². The van der Waals surface area contributed by atoms with Gasteiger partial charge in [0.05, 0.1) is 14.2 Å². The molecule has 23 heavy (non-hydrogen) atoms. The minimum atomic E-state index is 0.231. The van der Waals surface area contributed by atoms with Gasteiger partial charge in [-0.25, -0.2) is 0 Å². The van der Waals surface area contributed by atoms with Crippen molar-refractivity contribution < 1.29 is 9.47 Å². The summed E-state index contributed by atoms with van der Waals surface area (Å²) in [6.07, 6.45) is 2.35. The lowest BCUT2D eigenvalue weighted by Gasteiger charge is -2.18. The first-order valence-electron chi connectivity index (χ1n) is 8.23. The van der Waals surface area contributed by atoms with Gasteiger partial charge in [-0.3, -0.25) is 0 Å². The second-order valence-corrected chi connectivity index (χ2v) is 6.22. The van der Waals surface area contributed by atoms with E-state index >= 15 is 0 Å². The zero-order valence-corrected chi connectivity index (χ0v) is 14.1. The lowest BCUT2D eigenvalue weighted by molar-refractivity contribution is 0.354. The number of nitrogens with one attached hydrogen (secondary N) is 1. The standard InChI is InChI=1S/C20H25NO2/c1-4-20(13-17(20)16-8-6-5-7-9-16)21-14-15-10-11-18(22-2)19(12-15)23-3/h5-12,17,21H,4,13-14H2,1-3H3/t17-,20+/m0/s1. The van der Waals surface area contributed by atoms with Gasteiger partial charge in [-0.15, -0.1) is 0 Å². The van der Waals surface area contributed by atoms with Crippen LogP contribution in [-0.4, -0.2) is 19.8 Å². The van der Waals surface area contributed by atoms with E-state index in [0.717, 1.165) is 24.5 Å². The first-order chi connectivity index (χ1) is 11.2. The summed E-state index contributed by atoms with van der Waals surface area (Å²) in [5.74, 6) is 2.18. The van der Waals surface area contributed by atoms with Crippen LogP contribution >= 0.6 is 0 Å². The Balaban J connectivity index is 1.68. The fourth-order valence-electron chi connectivity index (χ4n) is 3.41. The summed E-state index contributed by atoms with van der Waals surface area (Å²) in [6, 6.07) is 16.9. The highest BCUT2D eigenvalue weighted by Crippen LogP contribution is 2.53. The molecule has 1 N–H and O–H groups in total. The number of rotatable bonds is 7. The molecule has 0 aliphatic heterocycles. The topological polar surface area (TPSA) is 30.5 Å². The Hall–Kier alpha value is -2.00. The molecule has 0 saturated heterocycles. The van der Waals surface area contributed by atoms with E-state index < -0.39 is 0 Å². The van der Waals surface area contributed by atoms with Crippen molar-refractivity contribution >= 4 is 0 Å². The Kier molecular flexibility index (Phi) is 4.58. The molecule has 1 aliphatic carbocycles. The third kappa shape index (κ3) is 3.20. The molecule has 0 spiro atoms. The Morgan fingerprint density at radius 3 is 2.43 bits per heavy atom. The summed E-state index contributed by atoms with van der Waals surface area (Å²) in [6.45, 7) is 3.11. The van der Waals surface area contributed by atoms with Gasteiger partial charge in [0.1, 0.15) is 0 Å². The van der Waals surface area contributed by atoms with Gasteiger partial charge < -0.3 is 14.8 Å². The second kappa shape index (κ2) is 6.63. The first-order valence-corrected chi connectivity index (χ1v) is 8.23. The molecule has 1 aliphatic rings. The number of methoxy groups -OCH3 is 2. The van der Waals surface area contributed by atoms with Crippen LogP contribution in [0.3, 0.4) is 0 Å². The van der Waals surface area contributed by atoms with Crippen molar-refractivity contribution in [2.75, 3.05) is 14.2 Å². The summed E-state index contributed by atoms with van der Waals surface area (Å²) in [4.78, 5) is 0. The van der Waals surface area contributed by atoms with Gasteiger partial charge in [-0.05, 0) is 36.1 Å². The SMILES string of the molecule is CC[C@@]1(NCc2ccc(OC)c(OC)c2)C[C@H]1c1ccccc1. The normalized spacial score (nSPS) is 22.7. The minimum Gasteiger partial charge on any atom is -0.493 e. The van der Waals surface area contributed by atoms with Crippen LogP contribution in [-0.2, 0) is 6.54 Å². The van der Waals surface area contributed by atoms with Crippen LogP contribution in [0.4, 0.5) is 0 Å². The summed E-state index contributed by atoms with van der Waals surface area (Å²) >= 11 is 0. The molecule has 2 atom stereocenters. The molecular weight excluding hydrogens is 286 g/mol. The van der Waals surface area contributed by atoms with Crippen LogP contribution in [0.5, 0.6) is 11.5 Å². The number of ether oxygens (including phenoxy) is 2. The Morgan fingerprint density at radius 2 is 1.78 bits per heavy atom. The predicted molar refractivity (Wildman–Crippen MR) is 93.2 cm³/mol. The van der Waals surface area contributed by atoms with E-state index in [0.29, 0.717) is 5.92 Å². The summed E-state index contributed by atoms with van der Waals surface area (Å²) in [5, 5.41) is 3.78. The van der Waals surface area contributed by atoms with Crippen molar-refractivity contribution in [3.05, 3.63) is 59.7 Å². The zero-order chi connectivity index (χ0) is 16.3. The maximum atomic E-state index is 5.39. The molecule has 0 unspecified atom stereocenters. The minimum absolute atomic E-state index is 0.231. The van der Waals surface area contributed by atoms with Gasteiger partial charge in [0.25, 0.3) is 0 Å². The summed E-state index contributed by atoms with van der Waals surface area (Å²) in [5.41, 5.74) is 2.89. The number of hydrogen-bond donors (Lipinski definition) is 1. The van der Waals surface area contributed by atoms with E-state index in [9.17, 15) is 0 Å². The molecule has 3 heteroatoms. The lowest BCUT2D eigenvalue weighted by atomic mass is 10.0. The summed E-state index contributed by atoms with van der Waals surface area (Å²) in [7, 11) is 3.34. The lowest BCUT2D eigenvalue weighted by Crippen LogP contribution is -2.31. The smallest absolute Gasteiger partial charge is 0.161 e. The predicted octanol–water partition coefficient (Wildman–Crippen LogP) is 4.13. The molecule has 0 amide bonds. The van der Waals surface area contributed by atoms with Crippen molar-refractivity contribution in [2.45, 2.75) is 37.8 Å². The summed E-state index contributed by atoms with van der Waals surface area (Å²) < 4.78 is 10.7. The van der Waals surface area contributed by atoms with Crippen molar-refractivity contribution in [1.82, 2.24) is 5.32 Å². The molecule has 1 fully saturated rings. The Labute approximate surface area is 138 Å². The van der Waals surface area contributed by atoms with E-state index in [1.165, 1.54) is 17.5 Å². The largest absolute Gasteiger partial charge is 0.493 e. The van der Waals surface area contributed by atoms with E-state index in [-0.39, 0.29) is 5.54 Å². The van der Waals surface area contributed by atoms with Gasteiger partial charge in [-0.2, -0.15) is 0 Å². The van der Waals surface area contributed by atoms with Crippen LogP contribution in [0.25, 0.3) is 0 Å². The molecular formula is C20H25NO2. The monoisotopic (exact) mass is 311 g/mol. The van der Waals surface area contributed by atoms with Crippen LogP contribution in [0.2, 0.25) is 0 Å². The molecule has 0 radical (unpaired) electrons. The van der Waals surface area contributed by atoms with E-state index in [4.69, 9.17) is 9.47 Å². The van der Waals surface area contributed by atoms with Crippen LogP contribution in [0, 0.1) is 0 Å². The third-order valence-corrected chi connectivity index (χ3v) is 5.00. The average Bonchev–Trinajstić information content (AvgIpc) is 3.35. The van der Waals surface area contributed by atoms with Crippen molar-refractivity contribution in [1.29, 1.82) is 0 Å². The highest BCUT2D eigenvalue weighted by atomic mass is 16.5. The van der Waals surface area contributed by atoms with E-state index in [1.54, 1.807) is 14.2 Å². The maximum absolute atomic E-state index is 5.39. The van der Waals surface area contributed by atoms with E-state index in [2.05, 4.69) is 54.7 Å². The van der Waals surface area contributed by atoms with Gasteiger partial charge in [0, 0.05) is 18.0 Å². The second-order valence-electron chi connectivity index (χ2n) is 6.22. The number of hydrogen-bond acceptors (Lipinski definition) is 3. The van der Waals surface area contributed by atoms with Gasteiger partial charge in [0.15, 0.2) is 11.5 Å². The molecule has 0 bridgehead atoms. The van der Waals surface area contributed by atoms with Gasteiger partial charge >= 0.3 is 0 Å². The average molecular weight is 311 g/mol. The molecule has 3 rings (SSSR count). The fraction of sp³-hybridized carbons (Fsp3) is 0.400. The Bertz CT molecular complexity index is 656. The first kappa shape index (κ1) is 15.9. The maximum Gasteiger partial charge on any atom is 0.161 e. The zero-order valence-electron chi connectivity index (χ0n) is 14.1. The fourth-order valence-corrected chi connectivity index (χ4v) is 3.41. The highest BCUT2D eigenvalue weighted by molar-refractivity contribution is 5.43. The number of benzene rings is 2. The Morgan fingerprint density at radius 1 is 1.04 bits per heavy atom. The van der Waals surface area contributed by atoms with E-state index in [1.807, 2.05) is 6.07 Å².